The van der Waals surface area contributed by atoms with Crippen molar-refractivity contribution >= 4 is 23.0 Å². The molecule has 0 saturated carbocycles. The summed E-state index contributed by atoms with van der Waals surface area (Å²) < 4.78 is 5.85. The normalized spacial score (nSPS) is 10.7. The summed E-state index contributed by atoms with van der Waals surface area (Å²) in [5, 5.41) is 30.7. The van der Waals surface area contributed by atoms with Crippen molar-refractivity contribution in [2.75, 3.05) is 11.9 Å². The molecular formula is C29H33ClN4O. The average Bonchev–Trinajstić information content (AvgIpc) is 2.89. The van der Waals surface area contributed by atoms with Crippen LogP contribution in [0.25, 0.3) is 0 Å². The number of unbranched alkanes of at least 4 members (excludes halogenated alkanes) is 7. The maximum atomic E-state index is 9.17. The van der Waals surface area contributed by atoms with E-state index in [1.165, 1.54) is 51.0 Å². The van der Waals surface area contributed by atoms with E-state index < -0.39 is 0 Å². The minimum atomic E-state index is -0.0794. The van der Waals surface area contributed by atoms with Crippen molar-refractivity contribution in [3.63, 3.8) is 0 Å². The quantitative estimate of drug-likeness (QED) is 0.114. The van der Waals surface area contributed by atoms with Crippen LogP contribution in [0, 0.1) is 28.1 Å². The fraction of sp³-hybridized carbons (Fsp3) is 0.345. The predicted octanol–water partition coefficient (Wildman–Crippen LogP) is 8.20. The zero-order chi connectivity index (χ0) is 25.3. The third-order valence-electron chi connectivity index (χ3n) is 5.48. The smallest absolute Gasteiger partial charge is 0.130 e. The number of allylic oxidation sites excluding steroid dienone is 3. The Bertz CT molecular complexity index is 1060. The van der Waals surface area contributed by atoms with E-state index >= 15 is 0 Å². The molecule has 5 nitrogen and oxygen atoms in total. The van der Waals surface area contributed by atoms with Crippen LogP contribution in [-0.4, -0.2) is 12.3 Å². The van der Waals surface area contributed by atoms with Gasteiger partial charge in [-0.15, -0.1) is 0 Å². The minimum Gasteiger partial charge on any atom is -0.494 e. The van der Waals surface area contributed by atoms with Gasteiger partial charge in [-0.05, 0) is 61.0 Å². The molecule has 0 radical (unpaired) electrons. The summed E-state index contributed by atoms with van der Waals surface area (Å²) in [6.45, 7) is 2.91. The molecule has 6 heteroatoms. The highest BCUT2D eigenvalue weighted by Gasteiger charge is 2.09. The molecule has 0 saturated heterocycles. The molecule has 0 aromatic heterocycles. The lowest BCUT2D eigenvalue weighted by atomic mass is 10.0. The number of hydrogen-bond donors (Lipinski definition) is 2. The molecule has 0 heterocycles. The van der Waals surface area contributed by atoms with Crippen LogP contribution in [0.1, 0.15) is 63.9 Å². The Hall–Kier alpha value is -3.54. The summed E-state index contributed by atoms with van der Waals surface area (Å²) in [4.78, 5) is 0. The van der Waals surface area contributed by atoms with Crippen molar-refractivity contribution in [3.05, 3.63) is 82.5 Å². The van der Waals surface area contributed by atoms with Crippen molar-refractivity contribution < 1.29 is 4.74 Å². The van der Waals surface area contributed by atoms with Crippen LogP contribution in [0.3, 0.4) is 0 Å². The SMILES string of the molecule is CCCCCCCCCCOc1ccc(C(=N)/C(C=C(C#N)C#N)=C\Nc2ccc(Cl)cc2)cc1. The van der Waals surface area contributed by atoms with Gasteiger partial charge in [0.1, 0.15) is 23.5 Å². The van der Waals surface area contributed by atoms with Crippen LogP contribution in [0.5, 0.6) is 5.75 Å². The molecule has 0 fully saturated rings. The van der Waals surface area contributed by atoms with Gasteiger partial charge in [0.05, 0.1) is 12.3 Å². The van der Waals surface area contributed by atoms with Crippen molar-refractivity contribution in [1.29, 1.82) is 15.9 Å². The predicted molar refractivity (Wildman–Crippen MR) is 144 cm³/mol. The van der Waals surface area contributed by atoms with Crippen LogP contribution in [0.4, 0.5) is 5.69 Å². The molecule has 2 N–H and O–H groups in total. The van der Waals surface area contributed by atoms with Gasteiger partial charge in [-0.25, -0.2) is 0 Å². The van der Waals surface area contributed by atoms with Crippen molar-refractivity contribution in [3.8, 4) is 17.9 Å². The van der Waals surface area contributed by atoms with Crippen LogP contribution in [-0.2, 0) is 0 Å². The van der Waals surface area contributed by atoms with Gasteiger partial charge >= 0.3 is 0 Å². The Morgan fingerprint density at radius 3 is 2.11 bits per heavy atom. The number of ether oxygens (including phenoxy) is 1. The largest absolute Gasteiger partial charge is 0.494 e. The van der Waals surface area contributed by atoms with Crippen LogP contribution >= 0.6 is 11.6 Å². The van der Waals surface area contributed by atoms with E-state index in [0.717, 1.165) is 17.9 Å². The van der Waals surface area contributed by atoms with Gasteiger partial charge in [0.15, 0.2) is 0 Å². The van der Waals surface area contributed by atoms with E-state index in [2.05, 4.69) is 12.2 Å². The van der Waals surface area contributed by atoms with Crippen molar-refractivity contribution in [2.45, 2.75) is 58.3 Å². The Morgan fingerprint density at radius 2 is 1.51 bits per heavy atom. The molecule has 0 atom stereocenters. The first-order chi connectivity index (χ1) is 17.1. The summed E-state index contributed by atoms with van der Waals surface area (Å²) in [6.07, 6.45) is 13.0. The molecule has 0 aliphatic carbocycles. The maximum absolute atomic E-state index is 9.17. The van der Waals surface area contributed by atoms with Crippen molar-refractivity contribution in [1.82, 2.24) is 0 Å². The first-order valence-corrected chi connectivity index (χ1v) is 12.5. The van der Waals surface area contributed by atoms with E-state index in [9.17, 15) is 10.5 Å². The first kappa shape index (κ1) is 27.7. The fourth-order valence-corrected chi connectivity index (χ4v) is 3.57. The van der Waals surface area contributed by atoms with E-state index in [-0.39, 0.29) is 11.3 Å². The summed E-state index contributed by atoms with van der Waals surface area (Å²) in [6, 6.07) is 18.1. The molecule has 35 heavy (non-hydrogen) atoms. The number of anilines is 1. The summed E-state index contributed by atoms with van der Waals surface area (Å²) in [7, 11) is 0. The standard InChI is InChI=1S/C29H33ClN4O/c1-2-3-4-5-6-7-8-9-18-35-28-16-10-24(11-17-28)29(33)25(19-23(20-31)21-32)22-34-27-14-12-26(30)13-15-27/h10-17,19,22,33-34H,2-9,18H2,1H3/b25-22-,33-29?. The Balaban J connectivity index is 1.95. The second-order valence-electron chi connectivity index (χ2n) is 8.26. The second kappa shape index (κ2) is 16.1. The van der Waals surface area contributed by atoms with E-state index in [1.54, 1.807) is 30.5 Å². The van der Waals surface area contributed by atoms with Gasteiger partial charge in [-0.2, -0.15) is 10.5 Å². The highest BCUT2D eigenvalue weighted by molar-refractivity contribution is 6.30. The molecule has 0 bridgehead atoms. The number of benzene rings is 2. The van der Waals surface area contributed by atoms with Crippen LogP contribution < -0.4 is 10.1 Å². The zero-order valence-electron chi connectivity index (χ0n) is 20.3. The minimum absolute atomic E-state index is 0.0794. The van der Waals surface area contributed by atoms with E-state index in [4.69, 9.17) is 21.7 Å². The highest BCUT2D eigenvalue weighted by atomic mass is 35.5. The van der Waals surface area contributed by atoms with Gasteiger partial charge in [-0.1, -0.05) is 63.5 Å². The molecule has 0 amide bonds. The molecule has 0 aliphatic rings. The number of nitrogens with zero attached hydrogens (tertiary/aromatic N) is 2. The number of halogens is 1. The Kier molecular flexibility index (Phi) is 12.8. The van der Waals surface area contributed by atoms with Crippen LogP contribution in [0.2, 0.25) is 5.02 Å². The molecule has 2 aromatic rings. The summed E-state index contributed by atoms with van der Waals surface area (Å²) in [5.41, 5.74) is 1.94. The van der Waals surface area contributed by atoms with Gasteiger partial charge in [0.2, 0.25) is 0 Å². The third kappa shape index (κ3) is 10.5. The number of nitriles is 2. The molecular weight excluding hydrogens is 456 g/mol. The number of hydrogen-bond acceptors (Lipinski definition) is 5. The second-order valence-corrected chi connectivity index (χ2v) is 8.69. The average molecular weight is 489 g/mol. The number of nitrogens with one attached hydrogen (secondary N) is 2. The maximum Gasteiger partial charge on any atom is 0.130 e. The number of rotatable bonds is 15. The van der Waals surface area contributed by atoms with Crippen molar-refractivity contribution in [2.24, 2.45) is 0 Å². The monoisotopic (exact) mass is 488 g/mol. The highest BCUT2D eigenvalue weighted by Crippen LogP contribution is 2.19. The summed E-state index contributed by atoms with van der Waals surface area (Å²) in [5.74, 6) is 0.764. The van der Waals surface area contributed by atoms with E-state index in [1.807, 2.05) is 36.4 Å². The van der Waals surface area contributed by atoms with E-state index in [0.29, 0.717) is 22.8 Å². The topological polar surface area (TPSA) is 92.7 Å². The fourth-order valence-electron chi connectivity index (χ4n) is 3.45. The molecule has 0 spiro atoms. The summed E-state index contributed by atoms with van der Waals surface area (Å²) >= 11 is 5.93. The van der Waals surface area contributed by atoms with Gasteiger partial charge in [0.25, 0.3) is 0 Å². The third-order valence-corrected chi connectivity index (χ3v) is 5.73. The Morgan fingerprint density at radius 1 is 0.914 bits per heavy atom. The molecule has 182 valence electrons. The molecule has 2 aromatic carbocycles. The zero-order valence-corrected chi connectivity index (χ0v) is 21.1. The van der Waals surface area contributed by atoms with Crippen LogP contribution in [0.15, 0.2) is 72.0 Å². The first-order valence-electron chi connectivity index (χ1n) is 12.1. The van der Waals surface area contributed by atoms with Gasteiger partial charge in [0, 0.05) is 28.0 Å². The van der Waals surface area contributed by atoms with Gasteiger partial charge < -0.3 is 10.1 Å². The van der Waals surface area contributed by atoms with Gasteiger partial charge in [-0.3, -0.25) is 5.41 Å². The molecule has 2 rings (SSSR count). The lowest BCUT2D eigenvalue weighted by Crippen LogP contribution is -2.05. The lowest BCUT2D eigenvalue weighted by molar-refractivity contribution is 0.304. The molecule has 0 unspecified atom stereocenters. The molecule has 0 aliphatic heterocycles. The lowest BCUT2D eigenvalue weighted by Gasteiger charge is -2.10. The Labute approximate surface area is 214 Å².